The molecule has 0 fully saturated rings. The van der Waals surface area contributed by atoms with Crippen LogP contribution in [0.3, 0.4) is 0 Å². The lowest BCUT2D eigenvalue weighted by atomic mass is 10.1. The van der Waals surface area contributed by atoms with Crippen LogP contribution < -0.4 is 16.2 Å². The molecule has 0 spiro atoms. The van der Waals surface area contributed by atoms with Crippen molar-refractivity contribution < 1.29 is 27.4 Å². The number of nitrogens with zero attached hydrogens (tertiary/aromatic N) is 1. The van der Waals surface area contributed by atoms with Crippen molar-refractivity contribution in [3.05, 3.63) is 17.3 Å². The summed E-state index contributed by atoms with van der Waals surface area (Å²) in [6.45, 7) is -0.279. The highest BCUT2D eigenvalue weighted by Gasteiger charge is 2.34. The van der Waals surface area contributed by atoms with E-state index in [0.717, 1.165) is 7.11 Å². The molecular formula is C9H10F3N3O3. The monoisotopic (exact) mass is 265 g/mol. The molecular weight excluding hydrogens is 255 g/mol. The lowest BCUT2D eigenvalue weighted by Crippen LogP contribution is -2.22. The molecule has 0 radical (unpaired) electrons. The molecule has 18 heavy (non-hydrogen) atoms. The first-order chi connectivity index (χ1) is 8.30. The number of esters is 1. The molecule has 1 rings (SSSR count). The largest absolute Gasteiger partial charge is 0.573 e. The Labute approximate surface area is 99.7 Å². The first-order valence-corrected chi connectivity index (χ1v) is 4.61. The van der Waals surface area contributed by atoms with E-state index in [1.54, 1.807) is 0 Å². The molecule has 100 valence electrons. The van der Waals surface area contributed by atoms with Gasteiger partial charge >= 0.3 is 12.3 Å². The number of carbonyl (C=O) groups excluding carboxylic acids is 1. The van der Waals surface area contributed by atoms with E-state index in [4.69, 9.17) is 11.5 Å². The minimum Gasteiger partial charge on any atom is -0.465 e. The van der Waals surface area contributed by atoms with Gasteiger partial charge in [0.05, 0.1) is 13.3 Å². The van der Waals surface area contributed by atoms with Crippen LogP contribution in [0, 0.1) is 0 Å². The molecule has 0 bridgehead atoms. The molecule has 0 aliphatic heterocycles. The first-order valence-electron chi connectivity index (χ1n) is 4.61. The van der Waals surface area contributed by atoms with E-state index < -0.39 is 23.6 Å². The summed E-state index contributed by atoms with van der Waals surface area (Å²) in [4.78, 5) is 14.9. The summed E-state index contributed by atoms with van der Waals surface area (Å²) in [5, 5.41) is 0. The maximum absolute atomic E-state index is 12.2. The van der Waals surface area contributed by atoms with Crippen LogP contribution in [0.2, 0.25) is 0 Å². The van der Waals surface area contributed by atoms with E-state index >= 15 is 0 Å². The number of nitrogens with two attached hydrogens (primary N) is 2. The van der Waals surface area contributed by atoms with Crippen molar-refractivity contribution in [3.63, 3.8) is 0 Å². The molecule has 0 saturated carbocycles. The average molecular weight is 265 g/mol. The Kier molecular flexibility index (Phi) is 3.96. The third kappa shape index (κ3) is 3.00. The predicted octanol–water partition coefficient (Wildman–Crippen LogP) is 0.808. The second-order valence-corrected chi connectivity index (χ2v) is 3.10. The standard InChI is InChI=1S/C9H10F3N3O3/c1-17-8(16)6-4(2-13)7(14)15-3-5(6)18-9(10,11)12/h3H,2,13H2,1H3,(H2,14,15). The van der Waals surface area contributed by atoms with Crippen molar-refractivity contribution >= 4 is 11.8 Å². The van der Waals surface area contributed by atoms with Gasteiger partial charge in [-0.25, -0.2) is 9.78 Å². The van der Waals surface area contributed by atoms with Gasteiger partial charge in [-0.15, -0.1) is 13.2 Å². The third-order valence-corrected chi connectivity index (χ3v) is 2.00. The molecule has 4 N–H and O–H groups in total. The number of nitrogen functional groups attached to an aromatic ring is 1. The summed E-state index contributed by atoms with van der Waals surface area (Å²) in [6, 6.07) is 0. The van der Waals surface area contributed by atoms with Gasteiger partial charge in [0.1, 0.15) is 11.4 Å². The molecule has 0 amide bonds. The second-order valence-electron chi connectivity index (χ2n) is 3.10. The Hall–Kier alpha value is -2.03. The fourth-order valence-corrected chi connectivity index (χ4v) is 1.28. The lowest BCUT2D eigenvalue weighted by molar-refractivity contribution is -0.274. The van der Waals surface area contributed by atoms with Crippen LogP contribution in [0.1, 0.15) is 15.9 Å². The maximum Gasteiger partial charge on any atom is 0.573 e. The van der Waals surface area contributed by atoms with Crippen LogP contribution in [0.5, 0.6) is 5.75 Å². The molecule has 1 aromatic heterocycles. The number of carbonyl (C=O) groups is 1. The number of hydrogen-bond donors (Lipinski definition) is 2. The molecule has 6 nitrogen and oxygen atoms in total. The summed E-state index contributed by atoms with van der Waals surface area (Å²) in [6.07, 6.45) is -4.28. The van der Waals surface area contributed by atoms with E-state index in [1.807, 2.05) is 0 Å². The zero-order valence-corrected chi connectivity index (χ0v) is 9.25. The molecule has 1 aromatic rings. The highest BCUT2D eigenvalue weighted by atomic mass is 19.4. The number of methoxy groups -OCH3 is 1. The Morgan fingerprint density at radius 2 is 2.11 bits per heavy atom. The van der Waals surface area contributed by atoms with Gasteiger partial charge in [0.2, 0.25) is 0 Å². The van der Waals surface area contributed by atoms with Gasteiger partial charge in [-0.2, -0.15) is 0 Å². The molecule has 1 heterocycles. The molecule has 0 unspecified atom stereocenters. The van der Waals surface area contributed by atoms with E-state index in [-0.39, 0.29) is 17.9 Å². The number of ether oxygens (including phenoxy) is 2. The number of rotatable bonds is 3. The van der Waals surface area contributed by atoms with Crippen LogP contribution in [0.15, 0.2) is 6.20 Å². The Morgan fingerprint density at radius 1 is 1.50 bits per heavy atom. The highest BCUT2D eigenvalue weighted by molar-refractivity contribution is 5.95. The fourth-order valence-electron chi connectivity index (χ4n) is 1.28. The molecule has 0 aliphatic rings. The van der Waals surface area contributed by atoms with E-state index in [0.29, 0.717) is 6.20 Å². The SMILES string of the molecule is COC(=O)c1c(OC(F)(F)F)cnc(N)c1CN. The smallest absolute Gasteiger partial charge is 0.465 e. The average Bonchev–Trinajstić information content (AvgIpc) is 2.28. The minimum atomic E-state index is -4.97. The van der Waals surface area contributed by atoms with E-state index in [9.17, 15) is 18.0 Å². The fraction of sp³-hybridized carbons (Fsp3) is 0.333. The first kappa shape index (κ1) is 14.0. The second kappa shape index (κ2) is 5.08. The Morgan fingerprint density at radius 3 is 2.56 bits per heavy atom. The molecule has 0 saturated heterocycles. The quantitative estimate of drug-likeness (QED) is 0.784. The third-order valence-electron chi connectivity index (χ3n) is 2.00. The minimum absolute atomic E-state index is 0.0661. The van der Waals surface area contributed by atoms with E-state index in [2.05, 4.69) is 14.5 Å². The topological polar surface area (TPSA) is 100 Å². The summed E-state index contributed by atoms with van der Waals surface area (Å²) in [7, 11) is 1.01. The summed E-state index contributed by atoms with van der Waals surface area (Å²) < 4.78 is 44.5. The van der Waals surface area contributed by atoms with Crippen LogP contribution in [0.4, 0.5) is 19.0 Å². The van der Waals surface area contributed by atoms with Gasteiger partial charge in [-0.1, -0.05) is 0 Å². The number of aromatic nitrogens is 1. The Balaban J connectivity index is 3.38. The number of anilines is 1. The van der Waals surface area contributed by atoms with Crippen molar-refractivity contribution in [1.82, 2.24) is 4.98 Å². The van der Waals surface area contributed by atoms with Crippen molar-refractivity contribution in [1.29, 1.82) is 0 Å². The molecule has 0 atom stereocenters. The van der Waals surface area contributed by atoms with Crippen molar-refractivity contribution in [2.24, 2.45) is 5.73 Å². The predicted molar refractivity (Wildman–Crippen MR) is 54.6 cm³/mol. The zero-order valence-electron chi connectivity index (χ0n) is 9.25. The van der Waals surface area contributed by atoms with Gasteiger partial charge in [-0.05, 0) is 0 Å². The number of pyridine rings is 1. The van der Waals surface area contributed by atoms with Crippen LogP contribution >= 0.6 is 0 Å². The van der Waals surface area contributed by atoms with Crippen LogP contribution in [0.25, 0.3) is 0 Å². The summed E-state index contributed by atoms with van der Waals surface area (Å²) in [5.74, 6) is -2.00. The summed E-state index contributed by atoms with van der Waals surface area (Å²) in [5.41, 5.74) is 10.2. The van der Waals surface area contributed by atoms with Gasteiger partial charge < -0.3 is 20.9 Å². The highest BCUT2D eigenvalue weighted by Crippen LogP contribution is 2.30. The molecule has 0 aliphatic carbocycles. The Bertz CT molecular complexity index is 462. The molecule has 0 aromatic carbocycles. The van der Waals surface area contributed by atoms with Crippen molar-refractivity contribution in [2.75, 3.05) is 12.8 Å². The normalized spacial score (nSPS) is 11.2. The van der Waals surface area contributed by atoms with Crippen LogP contribution in [-0.4, -0.2) is 24.4 Å². The maximum atomic E-state index is 12.2. The number of alkyl halides is 3. The van der Waals surface area contributed by atoms with E-state index in [1.165, 1.54) is 0 Å². The van der Waals surface area contributed by atoms with Crippen molar-refractivity contribution in [2.45, 2.75) is 12.9 Å². The van der Waals surface area contributed by atoms with Gasteiger partial charge in [-0.3, -0.25) is 0 Å². The molecule has 9 heteroatoms. The van der Waals surface area contributed by atoms with Crippen LogP contribution in [-0.2, 0) is 11.3 Å². The zero-order chi connectivity index (χ0) is 13.9. The van der Waals surface area contributed by atoms with Gasteiger partial charge in [0.15, 0.2) is 5.75 Å². The lowest BCUT2D eigenvalue weighted by Gasteiger charge is -2.15. The summed E-state index contributed by atoms with van der Waals surface area (Å²) >= 11 is 0. The van der Waals surface area contributed by atoms with Gasteiger partial charge in [0.25, 0.3) is 0 Å². The van der Waals surface area contributed by atoms with Gasteiger partial charge in [0, 0.05) is 12.1 Å². The van der Waals surface area contributed by atoms with Crippen molar-refractivity contribution in [3.8, 4) is 5.75 Å². The number of hydrogen-bond acceptors (Lipinski definition) is 6. The number of halogens is 3.